The van der Waals surface area contributed by atoms with Crippen molar-refractivity contribution in [1.82, 2.24) is 0 Å². The van der Waals surface area contributed by atoms with Crippen LogP contribution >= 0.6 is 0 Å². The normalized spacial score (nSPS) is 18.8. The Kier molecular flexibility index (Phi) is 6.05. The summed E-state index contributed by atoms with van der Waals surface area (Å²) in [6.07, 6.45) is -0.620. The number of methoxy groups -OCH3 is 1. The Morgan fingerprint density at radius 1 is 0.867 bits per heavy atom. The SMILES string of the molecule is COCC1COC(c2ccc(C#Cc3ccc4cc(F)c(F)cc4c3)c(F)c2)OC1. The average molecular weight is 412 g/mol. The zero-order chi connectivity index (χ0) is 21.1. The summed E-state index contributed by atoms with van der Waals surface area (Å²) in [5, 5.41) is 1.09. The number of ether oxygens (including phenoxy) is 3. The van der Waals surface area contributed by atoms with Crippen LogP contribution in [0.15, 0.2) is 48.5 Å². The molecule has 0 amide bonds. The minimum Gasteiger partial charge on any atom is -0.384 e. The van der Waals surface area contributed by atoms with Gasteiger partial charge < -0.3 is 14.2 Å². The second-order valence-corrected chi connectivity index (χ2v) is 7.14. The van der Waals surface area contributed by atoms with Crippen LogP contribution in [-0.2, 0) is 14.2 Å². The van der Waals surface area contributed by atoms with Gasteiger partial charge in [0.25, 0.3) is 0 Å². The van der Waals surface area contributed by atoms with Crippen LogP contribution in [0.5, 0.6) is 0 Å². The summed E-state index contributed by atoms with van der Waals surface area (Å²) in [5.41, 5.74) is 1.37. The molecule has 3 aromatic rings. The van der Waals surface area contributed by atoms with Crippen LogP contribution in [0.4, 0.5) is 13.2 Å². The molecule has 0 spiro atoms. The zero-order valence-electron chi connectivity index (χ0n) is 16.3. The molecule has 0 unspecified atom stereocenters. The highest BCUT2D eigenvalue weighted by Crippen LogP contribution is 2.26. The van der Waals surface area contributed by atoms with Gasteiger partial charge in [-0.25, -0.2) is 13.2 Å². The van der Waals surface area contributed by atoms with Crippen molar-refractivity contribution < 1.29 is 27.4 Å². The van der Waals surface area contributed by atoms with Crippen molar-refractivity contribution in [1.29, 1.82) is 0 Å². The summed E-state index contributed by atoms with van der Waals surface area (Å²) in [6.45, 7) is 1.51. The molecule has 0 bridgehead atoms. The maximum atomic E-state index is 14.5. The van der Waals surface area contributed by atoms with E-state index in [1.165, 1.54) is 6.07 Å². The third-order valence-electron chi connectivity index (χ3n) is 4.86. The van der Waals surface area contributed by atoms with Gasteiger partial charge in [-0.2, -0.15) is 0 Å². The molecular formula is C24H19F3O3. The molecule has 30 heavy (non-hydrogen) atoms. The quantitative estimate of drug-likeness (QED) is 0.569. The number of hydrogen-bond acceptors (Lipinski definition) is 3. The largest absolute Gasteiger partial charge is 0.384 e. The van der Waals surface area contributed by atoms with Gasteiger partial charge in [0.1, 0.15) is 5.82 Å². The third-order valence-corrected chi connectivity index (χ3v) is 4.86. The van der Waals surface area contributed by atoms with E-state index < -0.39 is 23.7 Å². The summed E-state index contributed by atoms with van der Waals surface area (Å²) >= 11 is 0. The van der Waals surface area contributed by atoms with E-state index in [4.69, 9.17) is 14.2 Å². The molecule has 0 saturated carbocycles. The Morgan fingerprint density at radius 3 is 2.30 bits per heavy atom. The van der Waals surface area contributed by atoms with Gasteiger partial charge in [-0.1, -0.05) is 24.0 Å². The molecule has 0 radical (unpaired) electrons. The fraction of sp³-hybridized carbons (Fsp3) is 0.250. The fourth-order valence-corrected chi connectivity index (χ4v) is 3.31. The van der Waals surface area contributed by atoms with Crippen molar-refractivity contribution in [3.8, 4) is 11.8 Å². The van der Waals surface area contributed by atoms with Crippen molar-refractivity contribution in [2.24, 2.45) is 5.92 Å². The molecule has 0 aromatic heterocycles. The maximum Gasteiger partial charge on any atom is 0.183 e. The van der Waals surface area contributed by atoms with Gasteiger partial charge in [0.2, 0.25) is 0 Å². The maximum absolute atomic E-state index is 14.5. The summed E-state index contributed by atoms with van der Waals surface area (Å²) < 4.78 is 57.7. The molecule has 154 valence electrons. The van der Waals surface area contributed by atoms with Crippen LogP contribution in [0, 0.1) is 35.2 Å². The fourth-order valence-electron chi connectivity index (χ4n) is 3.31. The molecule has 3 aromatic carbocycles. The Balaban J connectivity index is 1.50. The predicted octanol–water partition coefficient (Wildman–Crippen LogP) is 4.96. The number of halogens is 3. The molecular weight excluding hydrogens is 393 g/mol. The first-order chi connectivity index (χ1) is 14.5. The standard InChI is InChI=1S/C24H19F3O3/c1-28-12-16-13-29-24(30-14-16)19-7-6-17(21(25)10-19)4-2-15-3-5-18-9-22(26)23(27)11-20(18)8-15/h3,5-11,16,24H,12-14H2,1H3. The lowest BCUT2D eigenvalue weighted by Gasteiger charge is -2.29. The minimum atomic E-state index is -0.921. The Hall–Kier alpha value is -2.85. The third kappa shape index (κ3) is 4.49. The van der Waals surface area contributed by atoms with Crippen LogP contribution < -0.4 is 0 Å². The van der Waals surface area contributed by atoms with Crippen molar-refractivity contribution in [2.75, 3.05) is 26.9 Å². The van der Waals surface area contributed by atoms with Crippen molar-refractivity contribution in [3.63, 3.8) is 0 Å². The van der Waals surface area contributed by atoms with E-state index in [0.29, 0.717) is 41.7 Å². The number of fused-ring (bicyclic) bond motifs is 1. The topological polar surface area (TPSA) is 27.7 Å². The second kappa shape index (κ2) is 8.88. The van der Waals surface area contributed by atoms with Crippen molar-refractivity contribution in [3.05, 3.63) is 82.7 Å². The van der Waals surface area contributed by atoms with Gasteiger partial charge >= 0.3 is 0 Å². The highest BCUT2D eigenvalue weighted by atomic mass is 19.2. The summed E-state index contributed by atoms with van der Waals surface area (Å²) in [5.74, 6) is 3.50. The lowest BCUT2D eigenvalue weighted by Crippen LogP contribution is -2.29. The van der Waals surface area contributed by atoms with E-state index in [2.05, 4.69) is 11.8 Å². The van der Waals surface area contributed by atoms with Gasteiger partial charge in [0, 0.05) is 24.2 Å². The van der Waals surface area contributed by atoms with E-state index in [1.54, 1.807) is 37.4 Å². The van der Waals surface area contributed by atoms with Gasteiger partial charge in [-0.3, -0.25) is 0 Å². The molecule has 4 rings (SSSR count). The van der Waals surface area contributed by atoms with Crippen LogP contribution in [-0.4, -0.2) is 26.9 Å². The lowest BCUT2D eigenvalue weighted by molar-refractivity contribution is -0.211. The Morgan fingerprint density at radius 2 is 1.60 bits per heavy atom. The first-order valence-corrected chi connectivity index (χ1v) is 9.46. The second-order valence-electron chi connectivity index (χ2n) is 7.14. The highest BCUT2D eigenvalue weighted by molar-refractivity contribution is 5.84. The summed E-state index contributed by atoms with van der Waals surface area (Å²) in [6, 6.07) is 11.9. The lowest BCUT2D eigenvalue weighted by atomic mass is 10.1. The van der Waals surface area contributed by atoms with E-state index in [1.807, 2.05) is 0 Å². The van der Waals surface area contributed by atoms with Crippen LogP contribution in [0.1, 0.15) is 23.0 Å². The zero-order valence-corrected chi connectivity index (χ0v) is 16.3. The molecule has 1 fully saturated rings. The van der Waals surface area contributed by atoms with Crippen LogP contribution in [0.2, 0.25) is 0 Å². The number of rotatable bonds is 3. The van der Waals surface area contributed by atoms with Gasteiger partial charge in [0.05, 0.1) is 25.4 Å². The molecule has 3 nitrogen and oxygen atoms in total. The van der Waals surface area contributed by atoms with E-state index >= 15 is 0 Å². The van der Waals surface area contributed by atoms with Gasteiger partial charge in [-0.15, -0.1) is 0 Å². The summed E-state index contributed by atoms with van der Waals surface area (Å²) in [7, 11) is 1.62. The molecule has 1 aliphatic rings. The van der Waals surface area contributed by atoms with E-state index in [-0.39, 0.29) is 11.5 Å². The monoisotopic (exact) mass is 412 g/mol. The number of hydrogen-bond donors (Lipinski definition) is 0. The molecule has 0 aliphatic carbocycles. The molecule has 0 atom stereocenters. The number of benzene rings is 3. The minimum absolute atomic E-state index is 0.160. The van der Waals surface area contributed by atoms with Crippen molar-refractivity contribution >= 4 is 10.8 Å². The molecule has 0 N–H and O–H groups in total. The smallest absolute Gasteiger partial charge is 0.183 e. The Bertz CT molecular complexity index is 1130. The molecule has 6 heteroatoms. The van der Waals surface area contributed by atoms with Gasteiger partial charge in [0.15, 0.2) is 17.9 Å². The molecule has 1 aliphatic heterocycles. The van der Waals surface area contributed by atoms with Crippen LogP contribution in [0.25, 0.3) is 10.8 Å². The molecule has 1 heterocycles. The van der Waals surface area contributed by atoms with Gasteiger partial charge in [-0.05, 0) is 47.2 Å². The van der Waals surface area contributed by atoms with E-state index in [0.717, 1.165) is 12.1 Å². The first kappa shape index (κ1) is 20.4. The Labute approximate surface area is 172 Å². The summed E-state index contributed by atoms with van der Waals surface area (Å²) in [4.78, 5) is 0. The average Bonchev–Trinajstić information content (AvgIpc) is 2.74. The van der Waals surface area contributed by atoms with Crippen molar-refractivity contribution in [2.45, 2.75) is 6.29 Å². The highest BCUT2D eigenvalue weighted by Gasteiger charge is 2.24. The predicted molar refractivity (Wildman–Crippen MR) is 106 cm³/mol. The van der Waals surface area contributed by atoms with E-state index in [9.17, 15) is 13.2 Å². The first-order valence-electron chi connectivity index (χ1n) is 9.46. The van der Waals surface area contributed by atoms with Crippen LogP contribution in [0.3, 0.4) is 0 Å². The molecule has 1 saturated heterocycles.